The molecule has 59 valence electrons. The fourth-order valence-corrected chi connectivity index (χ4v) is 1.44. The molecule has 1 radical (unpaired) electrons. The Morgan fingerprint density at radius 1 is 1.30 bits per heavy atom. The SMILES string of the molecule is [CH2]N1CCC(N(C)C)CC1. The summed E-state index contributed by atoms with van der Waals surface area (Å²) in [5, 5.41) is 0. The van der Waals surface area contributed by atoms with Gasteiger partial charge in [-0.3, -0.25) is 0 Å². The minimum atomic E-state index is 0.790. The van der Waals surface area contributed by atoms with Crippen molar-refractivity contribution in [2.75, 3.05) is 27.2 Å². The first-order valence-corrected chi connectivity index (χ1v) is 3.92. The molecule has 2 heteroatoms. The minimum Gasteiger partial charge on any atom is -0.306 e. The van der Waals surface area contributed by atoms with E-state index in [9.17, 15) is 0 Å². The summed E-state index contributed by atoms with van der Waals surface area (Å²) < 4.78 is 0. The monoisotopic (exact) mass is 141 g/mol. The Bertz CT molecular complexity index is 93.4. The first-order valence-electron chi connectivity index (χ1n) is 3.92. The van der Waals surface area contributed by atoms with Crippen molar-refractivity contribution in [3.63, 3.8) is 0 Å². The van der Waals surface area contributed by atoms with Crippen LogP contribution in [0.3, 0.4) is 0 Å². The molecule has 2 nitrogen and oxygen atoms in total. The van der Waals surface area contributed by atoms with E-state index in [1.807, 2.05) is 0 Å². The average molecular weight is 141 g/mol. The molecule has 10 heavy (non-hydrogen) atoms. The molecule has 1 aliphatic rings. The summed E-state index contributed by atoms with van der Waals surface area (Å²) in [6.45, 7) is 2.31. The molecule has 0 aliphatic carbocycles. The third-order valence-electron chi connectivity index (χ3n) is 2.29. The molecule has 1 rings (SSSR count). The summed E-state index contributed by atoms with van der Waals surface area (Å²) in [6, 6.07) is 0.790. The van der Waals surface area contributed by atoms with Crippen LogP contribution in [0.5, 0.6) is 0 Å². The van der Waals surface area contributed by atoms with E-state index in [0.29, 0.717) is 0 Å². The molecule has 0 amide bonds. The molecule has 0 atom stereocenters. The van der Waals surface area contributed by atoms with Gasteiger partial charge in [-0.15, -0.1) is 0 Å². The van der Waals surface area contributed by atoms with Crippen LogP contribution in [0, 0.1) is 7.05 Å². The van der Waals surface area contributed by atoms with Crippen LogP contribution in [0.1, 0.15) is 12.8 Å². The average Bonchev–Trinajstić information content (AvgIpc) is 1.88. The van der Waals surface area contributed by atoms with Gasteiger partial charge in [0.2, 0.25) is 0 Å². The summed E-state index contributed by atoms with van der Waals surface area (Å²) in [5.74, 6) is 0. The molecule has 0 bridgehead atoms. The van der Waals surface area contributed by atoms with Gasteiger partial charge in [-0.25, -0.2) is 0 Å². The Labute approximate surface area is 63.8 Å². The second kappa shape index (κ2) is 3.35. The van der Waals surface area contributed by atoms with Gasteiger partial charge in [-0.1, -0.05) is 0 Å². The maximum atomic E-state index is 3.91. The van der Waals surface area contributed by atoms with Gasteiger partial charge in [0.1, 0.15) is 0 Å². The number of piperidine rings is 1. The third kappa shape index (κ3) is 1.96. The predicted octanol–water partition coefficient (Wildman–Crippen LogP) is 0.804. The first kappa shape index (κ1) is 8.02. The van der Waals surface area contributed by atoms with Crippen LogP contribution in [0.25, 0.3) is 0 Å². The summed E-state index contributed by atoms with van der Waals surface area (Å²) in [7, 11) is 8.22. The van der Waals surface area contributed by atoms with E-state index in [2.05, 4.69) is 30.9 Å². The molecule has 1 aliphatic heterocycles. The van der Waals surface area contributed by atoms with E-state index in [4.69, 9.17) is 0 Å². The van der Waals surface area contributed by atoms with Crippen molar-refractivity contribution >= 4 is 0 Å². The molecule has 0 N–H and O–H groups in total. The highest BCUT2D eigenvalue weighted by molar-refractivity contribution is 4.75. The Morgan fingerprint density at radius 2 is 1.80 bits per heavy atom. The smallest absolute Gasteiger partial charge is 0.0113 e. The number of likely N-dealkylation sites (tertiary alicyclic amines) is 1. The number of rotatable bonds is 1. The van der Waals surface area contributed by atoms with Crippen molar-refractivity contribution in [1.82, 2.24) is 9.80 Å². The quantitative estimate of drug-likeness (QED) is 0.533. The zero-order chi connectivity index (χ0) is 7.56. The highest BCUT2D eigenvalue weighted by atomic mass is 15.2. The van der Waals surface area contributed by atoms with Gasteiger partial charge in [0.15, 0.2) is 0 Å². The summed E-state index contributed by atoms with van der Waals surface area (Å²) in [6.07, 6.45) is 2.55. The van der Waals surface area contributed by atoms with Gasteiger partial charge in [-0.05, 0) is 40.0 Å². The Kier molecular flexibility index (Phi) is 2.69. The molecule has 0 aromatic rings. The van der Waals surface area contributed by atoms with E-state index in [1.54, 1.807) is 0 Å². The van der Waals surface area contributed by atoms with E-state index in [0.717, 1.165) is 19.1 Å². The summed E-state index contributed by atoms with van der Waals surface area (Å²) >= 11 is 0. The number of nitrogens with zero attached hydrogens (tertiary/aromatic N) is 2. The molecule has 1 fully saturated rings. The third-order valence-corrected chi connectivity index (χ3v) is 2.29. The van der Waals surface area contributed by atoms with Crippen molar-refractivity contribution in [3.05, 3.63) is 7.05 Å². The number of hydrogen-bond acceptors (Lipinski definition) is 2. The van der Waals surface area contributed by atoms with Crippen LogP contribution in [-0.2, 0) is 0 Å². The molecule has 0 saturated carbocycles. The molecule has 0 aromatic carbocycles. The fraction of sp³-hybridized carbons (Fsp3) is 0.875. The van der Waals surface area contributed by atoms with Crippen LogP contribution in [-0.4, -0.2) is 43.0 Å². The first-order chi connectivity index (χ1) is 4.70. The highest BCUT2D eigenvalue weighted by Gasteiger charge is 2.17. The Balaban J connectivity index is 2.26. The molecular formula is C8H17N2. The predicted molar refractivity (Wildman–Crippen MR) is 43.6 cm³/mol. The highest BCUT2D eigenvalue weighted by Crippen LogP contribution is 2.12. The fourth-order valence-electron chi connectivity index (χ4n) is 1.44. The van der Waals surface area contributed by atoms with Gasteiger partial charge in [0.25, 0.3) is 0 Å². The van der Waals surface area contributed by atoms with Crippen LogP contribution < -0.4 is 0 Å². The van der Waals surface area contributed by atoms with E-state index in [1.165, 1.54) is 12.8 Å². The lowest BCUT2D eigenvalue weighted by Crippen LogP contribution is -2.39. The van der Waals surface area contributed by atoms with Gasteiger partial charge in [0.05, 0.1) is 0 Å². The second-order valence-corrected chi connectivity index (χ2v) is 3.31. The van der Waals surface area contributed by atoms with Gasteiger partial charge >= 0.3 is 0 Å². The maximum Gasteiger partial charge on any atom is 0.0113 e. The number of hydrogen-bond donors (Lipinski definition) is 0. The van der Waals surface area contributed by atoms with Crippen molar-refractivity contribution in [3.8, 4) is 0 Å². The van der Waals surface area contributed by atoms with E-state index < -0.39 is 0 Å². The molecule has 0 spiro atoms. The summed E-state index contributed by atoms with van der Waals surface area (Å²) in [4.78, 5) is 4.47. The van der Waals surface area contributed by atoms with Crippen LogP contribution >= 0.6 is 0 Å². The van der Waals surface area contributed by atoms with Crippen molar-refractivity contribution in [2.45, 2.75) is 18.9 Å². The molecule has 0 unspecified atom stereocenters. The largest absolute Gasteiger partial charge is 0.306 e. The Morgan fingerprint density at radius 3 is 2.20 bits per heavy atom. The maximum absolute atomic E-state index is 3.91. The topological polar surface area (TPSA) is 6.48 Å². The van der Waals surface area contributed by atoms with Crippen molar-refractivity contribution in [1.29, 1.82) is 0 Å². The Hall–Kier alpha value is -0.0800. The second-order valence-electron chi connectivity index (χ2n) is 3.31. The molecule has 0 aromatic heterocycles. The van der Waals surface area contributed by atoms with Gasteiger partial charge in [0, 0.05) is 13.1 Å². The van der Waals surface area contributed by atoms with Crippen molar-refractivity contribution in [2.24, 2.45) is 0 Å². The lowest BCUT2D eigenvalue weighted by molar-refractivity contribution is 0.177. The van der Waals surface area contributed by atoms with Gasteiger partial charge in [-0.2, -0.15) is 0 Å². The standard InChI is InChI=1S/C8H17N2/c1-9(2)8-4-6-10(3)7-5-8/h8H,3-7H2,1-2H3. The normalized spacial score (nSPS) is 24.0. The van der Waals surface area contributed by atoms with Crippen LogP contribution in [0.15, 0.2) is 0 Å². The van der Waals surface area contributed by atoms with E-state index >= 15 is 0 Å². The molecular weight excluding hydrogens is 124 g/mol. The van der Waals surface area contributed by atoms with Crippen LogP contribution in [0.4, 0.5) is 0 Å². The summed E-state index contributed by atoms with van der Waals surface area (Å²) in [5.41, 5.74) is 0. The molecule has 1 saturated heterocycles. The minimum absolute atomic E-state index is 0.790. The van der Waals surface area contributed by atoms with E-state index in [-0.39, 0.29) is 0 Å². The zero-order valence-corrected chi connectivity index (χ0v) is 7.01. The van der Waals surface area contributed by atoms with Crippen molar-refractivity contribution < 1.29 is 0 Å². The molecule has 1 heterocycles. The lowest BCUT2D eigenvalue weighted by atomic mass is 10.1. The van der Waals surface area contributed by atoms with Gasteiger partial charge < -0.3 is 9.80 Å². The zero-order valence-electron chi connectivity index (χ0n) is 7.01. The van der Waals surface area contributed by atoms with Crippen LogP contribution in [0.2, 0.25) is 0 Å². The lowest BCUT2D eigenvalue weighted by Gasteiger charge is -2.32.